The highest BCUT2D eigenvalue weighted by Crippen LogP contribution is 2.30. The van der Waals surface area contributed by atoms with Crippen molar-refractivity contribution in [2.75, 3.05) is 19.8 Å². The van der Waals surface area contributed by atoms with Crippen molar-refractivity contribution in [3.05, 3.63) is 59.1 Å². The Hall–Kier alpha value is -2.86. The summed E-state index contributed by atoms with van der Waals surface area (Å²) in [4.78, 5) is 16.5. The molecule has 0 unspecified atom stereocenters. The number of fused-ring (bicyclic) bond motifs is 2. The molecule has 26 heavy (non-hydrogen) atoms. The quantitative estimate of drug-likeness (QED) is 0.703. The van der Waals surface area contributed by atoms with E-state index in [2.05, 4.69) is 10.3 Å². The molecular formula is C20H18N2O3S. The molecule has 0 bridgehead atoms. The Bertz CT molecular complexity index is 932. The number of amides is 1. The van der Waals surface area contributed by atoms with Gasteiger partial charge in [-0.3, -0.25) is 4.79 Å². The average molecular weight is 366 g/mol. The van der Waals surface area contributed by atoms with Gasteiger partial charge in [0.15, 0.2) is 11.5 Å². The van der Waals surface area contributed by atoms with Gasteiger partial charge in [-0.15, -0.1) is 11.3 Å². The minimum Gasteiger partial charge on any atom is -0.486 e. The van der Waals surface area contributed by atoms with Crippen molar-refractivity contribution in [2.45, 2.75) is 6.42 Å². The molecule has 2 heterocycles. The molecule has 0 aliphatic carbocycles. The SMILES string of the molecule is O=C(/C=C/c1nc2ccccc2s1)NCCc1ccc2c(c1)OCCO2. The fourth-order valence-electron chi connectivity index (χ4n) is 2.74. The second-order valence-electron chi connectivity index (χ2n) is 5.87. The van der Waals surface area contributed by atoms with Crippen LogP contribution in [-0.2, 0) is 11.2 Å². The number of ether oxygens (including phenoxy) is 2. The van der Waals surface area contributed by atoms with E-state index in [4.69, 9.17) is 9.47 Å². The van der Waals surface area contributed by atoms with Gasteiger partial charge in [0.25, 0.3) is 0 Å². The van der Waals surface area contributed by atoms with Crippen molar-refractivity contribution in [3.63, 3.8) is 0 Å². The lowest BCUT2D eigenvalue weighted by atomic mass is 10.1. The van der Waals surface area contributed by atoms with Gasteiger partial charge in [0, 0.05) is 12.6 Å². The molecule has 0 spiro atoms. The Labute approximate surface area is 155 Å². The van der Waals surface area contributed by atoms with Crippen LogP contribution >= 0.6 is 11.3 Å². The number of para-hydroxylation sites is 1. The molecule has 4 rings (SSSR count). The highest BCUT2D eigenvalue weighted by molar-refractivity contribution is 7.19. The minimum atomic E-state index is -0.123. The van der Waals surface area contributed by atoms with Crippen molar-refractivity contribution in [1.29, 1.82) is 0 Å². The third kappa shape index (κ3) is 3.86. The van der Waals surface area contributed by atoms with E-state index in [9.17, 15) is 4.79 Å². The molecule has 2 aromatic carbocycles. The van der Waals surface area contributed by atoms with E-state index in [-0.39, 0.29) is 5.91 Å². The van der Waals surface area contributed by atoms with E-state index in [0.717, 1.165) is 38.7 Å². The van der Waals surface area contributed by atoms with Crippen LogP contribution in [0.5, 0.6) is 11.5 Å². The molecule has 1 amide bonds. The molecule has 1 aliphatic rings. The van der Waals surface area contributed by atoms with Crippen molar-refractivity contribution in [2.24, 2.45) is 0 Å². The highest BCUT2D eigenvalue weighted by atomic mass is 32.1. The Morgan fingerprint density at radius 2 is 2.00 bits per heavy atom. The van der Waals surface area contributed by atoms with Crippen LogP contribution in [-0.4, -0.2) is 30.6 Å². The summed E-state index contributed by atoms with van der Waals surface area (Å²) in [7, 11) is 0. The summed E-state index contributed by atoms with van der Waals surface area (Å²) in [6.07, 6.45) is 4.02. The molecule has 0 saturated heterocycles. The number of benzene rings is 2. The molecule has 6 heteroatoms. The first-order chi connectivity index (χ1) is 12.8. The summed E-state index contributed by atoms with van der Waals surface area (Å²) in [5.74, 6) is 1.43. The number of thiazole rings is 1. The van der Waals surface area contributed by atoms with Crippen LogP contribution in [0.25, 0.3) is 16.3 Å². The molecule has 132 valence electrons. The first kappa shape index (κ1) is 16.6. The van der Waals surface area contributed by atoms with Gasteiger partial charge in [-0.2, -0.15) is 0 Å². The van der Waals surface area contributed by atoms with Crippen molar-refractivity contribution >= 4 is 33.5 Å². The standard InChI is InChI=1S/C20H18N2O3S/c23-19(7-8-20-22-15-3-1-2-4-18(15)26-20)21-10-9-14-5-6-16-17(13-14)25-12-11-24-16/h1-8,13H,9-12H2,(H,21,23)/b8-7+. The van der Waals surface area contributed by atoms with Gasteiger partial charge in [0.2, 0.25) is 5.91 Å². The van der Waals surface area contributed by atoms with Crippen LogP contribution in [0.15, 0.2) is 48.5 Å². The summed E-state index contributed by atoms with van der Waals surface area (Å²) in [5.41, 5.74) is 2.06. The average Bonchev–Trinajstić information content (AvgIpc) is 3.09. The van der Waals surface area contributed by atoms with Crippen molar-refractivity contribution < 1.29 is 14.3 Å². The molecule has 0 saturated carbocycles. The normalized spacial score (nSPS) is 13.2. The fourth-order valence-corrected chi connectivity index (χ4v) is 3.61. The molecule has 5 nitrogen and oxygen atoms in total. The maximum atomic E-state index is 12.0. The van der Waals surface area contributed by atoms with Crippen LogP contribution in [0.3, 0.4) is 0 Å². The molecule has 0 radical (unpaired) electrons. The van der Waals surface area contributed by atoms with Crippen LogP contribution in [0.2, 0.25) is 0 Å². The second-order valence-corrected chi connectivity index (χ2v) is 6.93. The predicted octanol–water partition coefficient (Wildman–Crippen LogP) is 3.44. The Balaban J connectivity index is 1.30. The summed E-state index contributed by atoms with van der Waals surface area (Å²) in [6.45, 7) is 1.72. The molecule has 1 N–H and O–H groups in total. The first-order valence-electron chi connectivity index (χ1n) is 8.48. The summed E-state index contributed by atoms with van der Waals surface area (Å²) < 4.78 is 12.2. The zero-order valence-electron chi connectivity index (χ0n) is 14.1. The molecule has 0 fully saturated rings. The third-order valence-corrected chi connectivity index (χ3v) is 5.01. The predicted molar refractivity (Wildman–Crippen MR) is 103 cm³/mol. The fraction of sp³-hybridized carbons (Fsp3) is 0.200. The molecule has 1 aliphatic heterocycles. The topological polar surface area (TPSA) is 60.5 Å². The van der Waals surface area contributed by atoms with Gasteiger partial charge in [0.1, 0.15) is 18.2 Å². The summed E-state index contributed by atoms with van der Waals surface area (Å²) in [6, 6.07) is 13.8. The third-order valence-electron chi connectivity index (χ3n) is 4.01. The van der Waals surface area contributed by atoms with E-state index < -0.39 is 0 Å². The number of hydrogen-bond acceptors (Lipinski definition) is 5. The number of nitrogens with one attached hydrogen (secondary N) is 1. The number of rotatable bonds is 5. The Kier molecular flexibility index (Phi) is 4.84. The first-order valence-corrected chi connectivity index (χ1v) is 9.29. The van der Waals surface area contributed by atoms with Crippen molar-refractivity contribution in [3.8, 4) is 11.5 Å². The zero-order valence-corrected chi connectivity index (χ0v) is 14.9. The van der Waals surface area contributed by atoms with Gasteiger partial charge in [-0.05, 0) is 42.3 Å². The van der Waals surface area contributed by atoms with E-state index >= 15 is 0 Å². The van der Waals surface area contributed by atoms with Gasteiger partial charge in [-0.1, -0.05) is 18.2 Å². The number of carbonyl (C=O) groups is 1. The Morgan fingerprint density at radius 3 is 2.88 bits per heavy atom. The largest absolute Gasteiger partial charge is 0.486 e. The second kappa shape index (κ2) is 7.58. The van der Waals surface area contributed by atoms with Gasteiger partial charge >= 0.3 is 0 Å². The van der Waals surface area contributed by atoms with Gasteiger partial charge in [-0.25, -0.2) is 4.98 Å². The van der Waals surface area contributed by atoms with Gasteiger partial charge in [0.05, 0.1) is 10.2 Å². The number of hydrogen-bond donors (Lipinski definition) is 1. The van der Waals surface area contributed by atoms with Crippen LogP contribution < -0.4 is 14.8 Å². The van der Waals surface area contributed by atoms with Crippen LogP contribution in [0.1, 0.15) is 10.6 Å². The molecule has 1 aromatic heterocycles. The number of carbonyl (C=O) groups excluding carboxylic acids is 1. The zero-order chi connectivity index (χ0) is 17.8. The molecule has 3 aromatic rings. The Morgan fingerprint density at radius 1 is 1.15 bits per heavy atom. The molecule has 0 atom stereocenters. The minimum absolute atomic E-state index is 0.123. The van der Waals surface area contributed by atoms with E-state index in [1.807, 2.05) is 42.5 Å². The highest BCUT2D eigenvalue weighted by Gasteiger charge is 2.11. The van der Waals surface area contributed by atoms with E-state index in [0.29, 0.717) is 19.8 Å². The lowest BCUT2D eigenvalue weighted by Gasteiger charge is -2.18. The lowest BCUT2D eigenvalue weighted by molar-refractivity contribution is -0.116. The van der Waals surface area contributed by atoms with Gasteiger partial charge < -0.3 is 14.8 Å². The maximum Gasteiger partial charge on any atom is 0.244 e. The number of aromatic nitrogens is 1. The summed E-state index contributed by atoms with van der Waals surface area (Å²) in [5, 5.41) is 3.72. The van der Waals surface area contributed by atoms with Crippen LogP contribution in [0.4, 0.5) is 0 Å². The molecular weight excluding hydrogens is 348 g/mol. The monoisotopic (exact) mass is 366 g/mol. The van der Waals surface area contributed by atoms with E-state index in [1.54, 1.807) is 17.4 Å². The maximum absolute atomic E-state index is 12.0. The lowest BCUT2D eigenvalue weighted by Crippen LogP contribution is -2.23. The number of nitrogens with zero attached hydrogens (tertiary/aromatic N) is 1. The van der Waals surface area contributed by atoms with Crippen molar-refractivity contribution in [1.82, 2.24) is 10.3 Å². The smallest absolute Gasteiger partial charge is 0.244 e. The summed E-state index contributed by atoms with van der Waals surface area (Å²) >= 11 is 1.57. The van der Waals surface area contributed by atoms with E-state index in [1.165, 1.54) is 6.08 Å². The van der Waals surface area contributed by atoms with Crippen LogP contribution in [0, 0.1) is 0 Å².